The molecule has 0 spiro atoms. The van der Waals surface area contributed by atoms with Crippen LogP contribution in [0, 0.1) is 6.92 Å². The fourth-order valence-corrected chi connectivity index (χ4v) is 1.82. The van der Waals surface area contributed by atoms with Crippen molar-refractivity contribution in [1.82, 2.24) is 5.32 Å². The molecule has 0 saturated heterocycles. The molecule has 104 valence electrons. The molecular weight excluding hydrogens is 252 g/mol. The number of aryl methyl sites for hydroxylation is 1. The van der Waals surface area contributed by atoms with Crippen LogP contribution in [0.5, 0.6) is 0 Å². The molecule has 2 amide bonds. The topological polar surface area (TPSA) is 61.4 Å². The van der Waals surface area contributed by atoms with Crippen molar-refractivity contribution in [2.45, 2.75) is 20.1 Å². The second-order valence-electron chi connectivity index (χ2n) is 4.60. The summed E-state index contributed by atoms with van der Waals surface area (Å²) in [5, 5.41) is 14.6. The summed E-state index contributed by atoms with van der Waals surface area (Å²) in [6.45, 7) is 2.42. The molecule has 0 bridgehead atoms. The molecule has 3 N–H and O–H groups in total. The van der Waals surface area contributed by atoms with Crippen LogP contribution in [-0.4, -0.2) is 11.1 Å². The van der Waals surface area contributed by atoms with Crippen LogP contribution in [-0.2, 0) is 13.2 Å². The highest BCUT2D eigenvalue weighted by molar-refractivity contribution is 5.89. The van der Waals surface area contributed by atoms with Gasteiger partial charge in [-0.05, 0) is 29.7 Å². The van der Waals surface area contributed by atoms with Gasteiger partial charge in [0.05, 0.1) is 6.61 Å². The van der Waals surface area contributed by atoms with Crippen molar-refractivity contribution in [3.05, 3.63) is 65.2 Å². The van der Waals surface area contributed by atoms with E-state index in [1.54, 1.807) is 0 Å². The number of hydrogen-bond donors (Lipinski definition) is 3. The Hall–Kier alpha value is -2.33. The van der Waals surface area contributed by atoms with Gasteiger partial charge in [-0.25, -0.2) is 4.79 Å². The fourth-order valence-electron chi connectivity index (χ4n) is 1.82. The minimum Gasteiger partial charge on any atom is -0.392 e. The lowest BCUT2D eigenvalue weighted by Gasteiger charge is -2.10. The van der Waals surface area contributed by atoms with Crippen LogP contribution in [0.4, 0.5) is 10.5 Å². The molecule has 0 fully saturated rings. The summed E-state index contributed by atoms with van der Waals surface area (Å²) in [5.74, 6) is 0. The molecule has 2 rings (SSSR count). The normalized spacial score (nSPS) is 10.1. The molecule has 2 aromatic rings. The van der Waals surface area contributed by atoms with E-state index in [0.29, 0.717) is 6.54 Å². The van der Waals surface area contributed by atoms with Gasteiger partial charge in [-0.1, -0.05) is 42.5 Å². The summed E-state index contributed by atoms with van der Waals surface area (Å²) in [6.07, 6.45) is 0. The highest BCUT2D eigenvalue weighted by Gasteiger charge is 2.03. The van der Waals surface area contributed by atoms with Gasteiger partial charge < -0.3 is 15.7 Å². The van der Waals surface area contributed by atoms with E-state index in [1.807, 2.05) is 55.5 Å². The lowest BCUT2D eigenvalue weighted by atomic mass is 10.1. The second-order valence-corrected chi connectivity index (χ2v) is 4.60. The predicted octanol–water partition coefficient (Wildman–Crippen LogP) is 2.81. The van der Waals surface area contributed by atoms with E-state index in [-0.39, 0.29) is 12.6 Å². The van der Waals surface area contributed by atoms with Crippen molar-refractivity contribution in [2.75, 3.05) is 5.32 Å². The molecule has 4 nitrogen and oxygen atoms in total. The van der Waals surface area contributed by atoms with Crippen LogP contribution < -0.4 is 10.6 Å². The number of carbonyl (C=O) groups excluding carboxylic acids is 1. The maximum atomic E-state index is 11.8. The largest absolute Gasteiger partial charge is 0.392 e. The molecule has 0 aliphatic heterocycles. The van der Waals surface area contributed by atoms with Crippen molar-refractivity contribution in [3.8, 4) is 0 Å². The van der Waals surface area contributed by atoms with Crippen LogP contribution in [0.2, 0.25) is 0 Å². The van der Waals surface area contributed by atoms with E-state index in [1.165, 1.54) is 0 Å². The number of hydrogen-bond acceptors (Lipinski definition) is 2. The number of rotatable bonds is 4. The highest BCUT2D eigenvalue weighted by Crippen LogP contribution is 2.12. The number of benzene rings is 2. The van der Waals surface area contributed by atoms with Gasteiger partial charge in [0.1, 0.15) is 0 Å². The Kier molecular flexibility index (Phi) is 4.74. The first kappa shape index (κ1) is 14.1. The van der Waals surface area contributed by atoms with Gasteiger partial charge in [0, 0.05) is 12.2 Å². The molecule has 2 aromatic carbocycles. The number of amides is 2. The van der Waals surface area contributed by atoms with Gasteiger partial charge in [-0.15, -0.1) is 0 Å². The van der Waals surface area contributed by atoms with Gasteiger partial charge in [0.15, 0.2) is 0 Å². The van der Waals surface area contributed by atoms with E-state index in [9.17, 15) is 4.79 Å². The zero-order valence-electron chi connectivity index (χ0n) is 11.4. The van der Waals surface area contributed by atoms with Crippen LogP contribution in [0.1, 0.15) is 16.7 Å². The highest BCUT2D eigenvalue weighted by atomic mass is 16.3. The van der Waals surface area contributed by atoms with Gasteiger partial charge in [-0.3, -0.25) is 0 Å². The first-order valence-electron chi connectivity index (χ1n) is 6.48. The van der Waals surface area contributed by atoms with Crippen molar-refractivity contribution >= 4 is 11.7 Å². The lowest BCUT2D eigenvalue weighted by molar-refractivity contribution is 0.251. The Balaban J connectivity index is 1.87. The molecule has 20 heavy (non-hydrogen) atoms. The summed E-state index contributed by atoms with van der Waals surface area (Å²) in [4.78, 5) is 11.8. The molecule has 0 unspecified atom stereocenters. The third-order valence-electron chi connectivity index (χ3n) is 3.05. The number of urea groups is 1. The molecular formula is C16H18N2O2. The number of nitrogens with one attached hydrogen (secondary N) is 2. The number of aliphatic hydroxyl groups excluding tert-OH is 1. The number of aliphatic hydroxyl groups is 1. The standard InChI is InChI=1S/C16H18N2O2/c1-12-4-2-3-5-15(12)18-16(20)17-10-13-6-8-14(11-19)9-7-13/h2-9,19H,10-11H2,1H3,(H2,17,18,20). The third kappa shape index (κ3) is 3.83. The van der Waals surface area contributed by atoms with E-state index in [2.05, 4.69) is 10.6 Å². The third-order valence-corrected chi connectivity index (χ3v) is 3.05. The fraction of sp³-hybridized carbons (Fsp3) is 0.188. The zero-order chi connectivity index (χ0) is 14.4. The smallest absolute Gasteiger partial charge is 0.319 e. The maximum Gasteiger partial charge on any atom is 0.319 e. The van der Waals surface area contributed by atoms with Crippen molar-refractivity contribution in [1.29, 1.82) is 0 Å². The predicted molar refractivity (Wildman–Crippen MR) is 79.4 cm³/mol. The van der Waals surface area contributed by atoms with Gasteiger partial charge in [0.2, 0.25) is 0 Å². The SMILES string of the molecule is Cc1ccccc1NC(=O)NCc1ccc(CO)cc1. The summed E-state index contributed by atoms with van der Waals surface area (Å²) < 4.78 is 0. The van der Waals surface area contributed by atoms with E-state index < -0.39 is 0 Å². The zero-order valence-corrected chi connectivity index (χ0v) is 11.4. The molecule has 0 radical (unpaired) electrons. The molecule has 4 heteroatoms. The van der Waals surface area contributed by atoms with Crippen LogP contribution in [0.15, 0.2) is 48.5 Å². The molecule has 0 aliphatic rings. The van der Waals surface area contributed by atoms with Gasteiger partial charge in [-0.2, -0.15) is 0 Å². The molecule has 0 heterocycles. The average molecular weight is 270 g/mol. The molecule has 0 aromatic heterocycles. The molecule has 0 aliphatic carbocycles. The van der Waals surface area contributed by atoms with E-state index in [4.69, 9.17) is 5.11 Å². The average Bonchev–Trinajstić information content (AvgIpc) is 2.48. The van der Waals surface area contributed by atoms with Crippen molar-refractivity contribution in [2.24, 2.45) is 0 Å². The Bertz CT molecular complexity index is 579. The lowest BCUT2D eigenvalue weighted by Crippen LogP contribution is -2.28. The van der Waals surface area contributed by atoms with Crippen LogP contribution in [0.3, 0.4) is 0 Å². The minimum absolute atomic E-state index is 0.0292. The molecule has 0 saturated carbocycles. The monoisotopic (exact) mass is 270 g/mol. The maximum absolute atomic E-state index is 11.8. The summed E-state index contributed by atoms with van der Waals surface area (Å²) in [5.41, 5.74) is 3.68. The second kappa shape index (κ2) is 6.73. The number of anilines is 1. The Morgan fingerprint density at radius 1 is 1.05 bits per heavy atom. The van der Waals surface area contributed by atoms with Crippen molar-refractivity contribution < 1.29 is 9.90 Å². The van der Waals surface area contributed by atoms with Crippen LogP contribution in [0.25, 0.3) is 0 Å². The van der Waals surface area contributed by atoms with E-state index >= 15 is 0 Å². The van der Waals surface area contributed by atoms with Gasteiger partial charge >= 0.3 is 6.03 Å². The van der Waals surface area contributed by atoms with E-state index in [0.717, 1.165) is 22.4 Å². The summed E-state index contributed by atoms with van der Waals surface area (Å²) in [6, 6.07) is 14.9. The summed E-state index contributed by atoms with van der Waals surface area (Å²) in [7, 11) is 0. The first-order chi connectivity index (χ1) is 9.69. The Morgan fingerprint density at radius 2 is 1.70 bits per heavy atom. The molecule has 0 atom stereocenters. The van der Waals surface area contributed by atoms with Crippen LogP contribution >= 0.6 is 0 Å². The minimum atomic E-state index is -0.231. The Labute approximate surface area is 118 Å². The number of carbonyl (C=O) groups is 1. The van der Waals surface area contributed by atoms with Gasteiger partial charge in [0.25, 0.3) is 0 Å². The van der Waals surface area contributed by atoms with Crippen molar-refractivity contribution in [3.63, 3.8) is 0 Å². The Morgan fingerprint density at radius 3 is 2.35 bits per heavy atom. The first-order valence-corrected chi connectivity index (χ1v) is 6.48. The quantitative estimate of drug-likeness (QED) is 0.800. The number of para-hydroxylation sites is 1. The summed E-state index contributed by atoms with van der Waals surface area (Å²) >= 11 is 0.